The monoisotopic (exact) mass is 319 g/mol. The summed E-state index contributed by atoms with van der Waals surface area (Å²) >= 11 is 0. The average molecular weight is 319 g/mol. The maximum Gasteiger partial charge on any atom is 0.287 e. The molecule has 0 radical (unpaired) electrons. The zero-order chi connectivity index (χ0) is 16.6. The molecule has 0 aliphatic heterocycles. The van der Waals surface area contributed by atoms with Crippen LogP contribution in [0, 0.1) is 0 Å². The van der Waals surface area contributed by atoms with Crippen LogP contribution >= 0.6 is 0 Å². The summed E-state index contributed by atoms with van der Waals surface area (Å²) in [6.07, 6.45) is 2.85. The third-order valence-corrected chi connectivity index (χ3v) is 4.74. The van der Waals surface area contributed by atoms with Crippen LogP contribution in [0.2, 0.25) is 0 Å². The summed E-state index contributed by atoms with van der Waals surface area (Å²) in [7, 11) is 0. The van der Waals surface area contributed by atoms with Gasteiger partial charge in [-0.15, -0.1) is 0 Å². The van der Waals surface area contributed by atoms with Crippen molar-refractivity contribution in [3.63, 3.8) is 0 Å². The highest BCUT2D eigenvalue weighted by molar-refractivity contribution is 5.93. The standard InChI is InChI=1S/C20H17NO3/c22-16-13-18(24-17-10-5-4-9-15(16)17)19(23)21-20(11-6-12-20)14-7-2-1-3-8-14/h1-5,7-10,13H,6,11-12H2,(H,21,23). The zero-order valence-corrected chi connectivity index (χ0v) is 13.1. The lowest BCUT2D eigenvalue weighted by Gasteiger charge is -2.43. The number of carbonyl (C=O) groups is 1. The fourth-order valence-corrected chi connectivity index (χ4v) is 3.27. The summed E-state index contributed by atoms with van der Waals surface area (Å²) in [4.78, 5) is 24.9. The second-order valence-electron chi connectivity index (χ2n) is 6.23. The van der Waals surface area contributed by atoms with E-state index in [-0.39, 0.29) is 22.6 Å². The molecule has 120 valence electrons. The maximum atomic E-state index is 12.7. The van der Waals surface area contributed by atoms with E-state index in [2.05, 4.69) is 5.32 Å². The quantitative estimate of drug-likeness (QED) is 0.802. The second-order valence-corrected chi connectivity index (χ2v) is 6.23. The van der Waals surface area contributed by atoms with Crippen molar-refractivity contribution < 1.29 is 9.21 Å². The Bertz CT molecular complexity index is 955. The van der Waals surface area contributed by atoms with Crippen molar-refractivity contribution in [3.8, 4) is 0 Å². The molecule has 1 saturated carbocycles. The summed E-state index contributed by atoms with van der Waals surface area (Å²) in [6.45, 7) is 0. The van der Waals surface area contributed by atoms with Crippen molar-refractivity contribution in [2.75, 3.05) is 0 Å². The third kappa shape index (κ3) is 2.40. The molecular weight excluding hydrogens is 302 g/mol. The number of carbonyl (C=O) groups excluding carboxylic acids is 1. The van der Waals surface area contributed by atoms with Crippen molar-refractivity contribution >= 4 is 16.9 Å². The first-order valence-electron chi connectivity index (χ1n) is 8.09. The molecule has 0 unspecified atom stereocenters. The minimum absolute atomic E-state index is 0.0564. The van der Waals surface area contributed by atoms with E-state index in [1.54, 1.807) is 24.3 Å². The summed E-state index contributed by atoms with van der Waals surface area (Å²) in [5.74, 6) is -0.290. The highest BCUT2D eigenvalue weighted by atomic mass is 16.3. The molecule has 1 aromatic heterocycles. The van der Waals surface area contributed by atoms with Crippen LogP contribution in [-0.4, -0.2) is 5.91 Å². The SMILES string of the molecule is O=C(NC1(c2ccccc2)CCC1)c1cc(=O)c2ccccc2o1. The maximum absolute atomic E-state index is 12.7. The Morgan fingerprint density at radius 3 is 2.42 bits per heavy atom. The first kappa shape index (κ1) is 14.7. The van der Waals surface area contributed by atoms with Gasteiger partial charge in [-0.3, -0.25) is 9.59 Å². The molecule has 2 aromatic carbocycles. The average Bonchev–Trinajstić information content (AvgIpc) is 2.58. The van der Waals surface area contributed by atoms with Gasteiger partial charge in [-0.2, -0.15) is 0 Å². The van der Waals surface area contributed by atoms with E-state index < -0.39 is 0 Å². The van der Waals surface area contributed by atoms with Gasteiger partial charge in [-0.1, -0.05) is 42.5 Å². The van der Waals surface area contributed by atoms with Gasteiger partial charge in [0.15, 0.2) is 11.2 Å². The number of nitrogens with one attached hydrogen (secondary N) is 1. The Morgan fingerprint density at radius 1 is 1.00 bits per heavy atom. The largest absolute Gasteiger partial charge is 0.451 e. The number of benzene rings is 2. The van der Waals surface area contributed by atoms with E-state index in [1.165, 1.54) is 6.07 Å². The Balaban J connectivity index is 1.68. The van der Waals surface area contributed by atoms with Crippen LogP contribution in [0.3, 0.4) is 0 Å². The van der Waals surface area contributed by atoms with Gasteiger partial charge < -0.3 is 9.73 Å². The molecule has 4 rings (SSSR count). The van der Waals surface area contributed by atoms with Gasteiger partial charge >= 0.3 is 0 Å². The minimum atomic E-state index is -0.359. The summed E-state index contributed by atoms with van der Waals surface area (Å²) < 4.78 is 5.64. The van der Waals surface area contributed by atoms with Gasteiger partial charge in [0.25, 0.3) is 5.91 Å². The smallest absolute Gasteiger partial charge is 0.287 e. The molecule has 4 heteroatoms. The fourth-order valence-electron chi connectivity index (χ4n) is 3.27. The lowest BCUT2D eigenvalue weighted by atomic mass is 9.71. The Hall–Kier alpha value is -2.88. The lowest BCUT2D eigenvalue weighted by Crippen LogP contribution is -2.50. The normalized spacial score (nSPS) is 15.7. The van der Waals surface area contributed by atoms with Crippen LogP contribution in [0.4, 0.5) is 0 Å². The topological polar surface area (TPSA) is 59.3 Å². The Labute approximate surface area is 139 Å². The first-order chi connectivity index (χ1) is 11.7. The number of hydrogen-bond donors (Lipinski definition) is 1. The molecule has 1 aliphatic rings. The van der Waals surface area contributed by atoms with Gasteiger partial charge in [-0.05, 0) is 37.0 Å². The van der Waals surface area contributed by atoms with Crippen molar-refractivity contribution in [2.24, 2.45) is 0 Å². The molecule has 0 bridgehead atoms. The molecule has 1 heterocycles. The van der Waals surface area contributed by atoms with Crippen molar-refractivity contribution in [3.05, 3.63) is 82.2 Å². The number of fused-ring (bicyclic) bond motifs is 1. The van der Waals surface area contributed by atoms with E-state index in [4.69, 9.17) is 4.42 Å². The van der Waals surface area contributed by atoms with Crippen LogP contribution in [-0.2, 0) is 5.54 Å². The number of rotatable bonds is 3. The van der Waals surface area contributed by atoms with Crippen LogP contribution in [0.25, 0.3) is 11.0 Å². The lowest BCUT2D eigenvalue weighted by molar-refractivity contribution is 0.0795. The summed E-state index contributed by atoms with van der Waals surface area (Å²) in [5.41, 5.74) is 0.956. The molecule has 0 spiro atoms. The van der Waals surface area contributed by atoms with Gasteiger partial charge in [0, 0.05) is 6.07 Å². The molecule has 3 aromatic rings. The molecule has 1 N–H and O–H groups in total. The Kier molecular flexibility index (Phi) is 3.45. The van der Waals surface area contributed by atoms with Gasteiger partial charge in [-0.25, -0.2) is 0 Å². The molecule has 1 amide bonds. The van der Waals surface area contributed by atoms with Crippen LogP contribution in [0.15, 0.2) is 69.9 Å². The number of hydrogen-bond acceptors (Lipinski definition) is 3. The molecule has 1 fully saturated rings. The molecule has 0 saturated heterocycles. The fraction of sp³-hybridized carbons (Fsp3) is 0.200. The molecular formula is C20H17NO3. The predicted octanol–water partition coefficient (Wildman–Crippen LogP) is 3.60. The van der Waals surface area contributed by atoms with Gasteiger partial charge in [0.1, 0.15) is 5.58 Å². The molecule has 4 nitrogen and oxygen atoms in total. The Morgan fingerprint density at radius 2 is 1.71 bits per heavy atom. The van der Waals surface area contributed by atoms with Crippen LogP contribution in [0.5, 0.6) is 0 Å². The number of amides is 1. The van der Waals surface area contributed by atoms with Crippen molar-refractivity contribution in [2.45, 2.75) is 24.8 Å². The van der Waals surface area contributed by atoms with Gasteiger partial charge in [0.05, 0.1) is 10.9 Å². The van der Waals surface area contributed by atoms with E-state index in [9.17, 15) is 9.59 Å². The summed E-state index contributed by atoms with van der Waals surface area (Å²) in [6, 6.07) is 18.2. The zero-order valence-electron chi connectivity index (χ0n) is 13.1. The second kappa shape index (κ2) is 5.64. The summed E-state index contributed by atoms with van der Waals surface area (Å²) in [5, 5.41) is 3.56. The molecule has 24 heavy (non-hydrogen) atoms. The minimum Gasteiger partial charge on any atom is -0.451 e. The van der Waals surface area contributed by atoms with E-state index >= 15 is 0 Å². The van der Waals surface area contributed by atoms with Crippen molar-refractivity contribution in [1.82, 2.24) is 5.32 Å². The first-order valence-corrected chi connectivity index (χ1v) is 8.09. The predicted molar refractivity (Wildman–Crippen MR) is 91.9 cm³/mol. The van der Waals surface area contributed by atoms with Gasteiger partial charge in [0.2, 0.25) is 0 Å². The number of para-hydroxylation sites is 1. The van der Waals surface area contributed by atoms with E-state index in [0.29, 0.717) is 11.0 Å². The highest BCUT2D eigenvalue weighted by Gasteiger charge is 2.40. The van der Waals surface area contributed by atoms with Crippen LogP contribution < -0.4 is 10.7 Å². The van der Waals surface area contributed by atoms with Crippen LogP contribution in [0.1, 0.15) is 35.4 Å². The highest BCUT2D eigenvalue weighted by Crippen LogP contribution is 2.41. The molecule has 0 atom stereocenters. The van der Waals surface area contributed by atoms with Crippen molar-refractivity contribution in [1.29, 1.82) is 0 Å². The van der Waals surface area contributed by atoms with E-state index in [0.717, 1.165) is 24.8 Å². The molecule has 1 aliphatic carbocycles. The van der Waals surface area contributed by atoms with E-state index in [1.807, 2.05) is 30.3 Å². The third-order valence-electron chi connectivity index (χ3n) is 4.74.